The Balaban J connectivity index is 1.81. The highest BCUT2D eigenvalue weighted by Gasteiger charge is 2.22. The average Bonchev–Trinajstić information content (AvgIpc) is 2.76. The normalized spacial score (nSPS) is 21.4. The third kappa shape index (κ3) is 3.05. The molecule has 0 N–H and O–H groups in total. The summed E-state index contributed by atoms with van der Waals surface area (Å²) in [6, 6.07) is 7.04. The Morgan fingerprint density at radius 3 is 3.12 bits per heavy atom. The van der Waals surface area contributed by atoms with E-state index in [1.54, 1.807) is 0 Å². The van der Waals surface area contributed by atoms with Crippen LogP contribution in [0.15, 0.2) is 24.4 Å². The summed E-state index contributed by atoms with van der Waals surface area (Å²) < 4.78 is 0. The van der Waals surface area contributed by atoms with Crippen LogP contribution >= 0.6 is 0 Å². The molecule has 0 bridgehead atoms. The zero-order chi connectivity index (χ0) is 11.2. The molecule has 16 heavy (non-hydrogen) atoms. The summed E-state index contributed by atoms with van der Waals surface area (Å²) in [6.07, 6.45) is 8.44. The van der Waals surface area contributed by atoms with Gasteiger partial charge in [0.15, 0.2) is 0 Å². The van der Waals surface area contributed by atoms with E-state index in [0.717, 1.165) is 12.5 Å². The molecule has 1 aromatic rings. The molecule has 2 heterocycles. The van der Waals surface area contributed by atoms with Crippen LogP contribution in [0.1, 0.15) is 38.3 Å². The number of likely N-dealkylation sites (tertiary alicyclic amines) is 1. The van der Waals surface area contributed by atoms with E-state index in [9.17, 15) is 0 Å². The van der Waals surface area contributed by atoms with Crippen LogP contribution in [0.3, 0.4) is 0 Å². The van der Waals surface area contributed by atoms with Crippen LogP contribution in [0, 0.1) is 0 Å². The summed E-state index contributed by atoms with van der Waals surface area (Å²) >= 11 is 0. The molecule has 0 radical (unpaired) electrons. The maximum absolute atomic E-state index is 4.38. The van der Waals surface area contributed by atoms with E-state index in [1.165, 1.54) is 44.5 Å². The van der Waals surface area contributed by atoms with E-state index in [-0.39, 0.29) is 0 Å². The van der Waals surface area contributed by atoms with Crippen LogP contribution < -0.4 is 0 Å². The SMILES string of the molecule is CCCC1CCCN1CCc1ccccn1. The number of rotatable bonds is 5. The standard InChI is InChI=1S/C14H22N2/c1-2-6-14-8-5-11-16(14)12-9-13-7-3-4-10-15-13/h3-4,7,10,14H,2,5-6,8-9,11-12H2,1H3. The minimum Gasteiger partial charge on any atom is -0.300 e. The lowest BCUT2D eigenvalue weighted by molar-refractivity contribution is 0.244. The highest BCUT2D eigenvalue weighted by molar-refractivity contribution is 5.04. The lowest BCUT2D eigenvalue weighted by Gasteiger charge is -2.23. The van der Waals surface area contributed by atoms with Gasteiger partial charge in [0.2, 0.25) is 0 Å². The minimum atomic E-state index is 0.841. The number of hydrogen-bond acceptors (Lipinski definition) is 2. The van der Waals surface area contributed by atoms with Crippen LogP contribution in [0.25, 0.3) is 0 Å². The second-order valence-electron chi connectivity index (χ2n) is 4.69. The molecule has 2 rings (SSSR count). The summed E-state index contributed by atoms with van der Waals surface area (Å²) in [4.78, 5) is 7.04. The summed E-state index contributed by atoms with van der Waals surface area (Å²) in [5.41, 5.74) is 1.23. The molecule has 0 aliphatic carbocycles. The molecule has 1 atom stereocenters. The molecule has 0 amide bonds. The van der Waals surface area contributed by atoms with E-state index < -0.39 is 0 Å². The Hall–Kier alpha value is -0.890. The Morgan fingerprint density at radius 1 is 1.44 bits per heavy atom. The van der Waals surface area contributed by atoms with Gasteiger partial charge in [0, 0.05) is 30.9 Å². The Labute approximate surface area is 98.7 Å². The van der Waals surface area contributed by atoms with Crippen LogP contribution in [0.5, 0.6) is 0 Å². The lowest BCUT2D eigenvalue weighted by atomic mass is 10.1. The largest absolute Gasteiger partial charge is 0.300 e. The van der Waals surface area contributed by atoms with Crippen molar-refractivity contribution in [2.75, 3.05) is 13.1 Å². The molecule has 0 saturated carbocycles. The summed E-state index contributed by atoms with van der Waals surface area (Å²) in [5.74, 6) is 0. The zero-order valence-corrected chi connectivity index (χ0v) is 10.2. The van der Waals surface area contributed by atoms with Gasteiger partial charge in [-0.05, 0) is 37.9 Å². The van der Waals surface area contributed by atoms with Gasteiger partial charge in [0.05, 0.1) is 0 Å². The maximum Gasteiger partial charge on any atom is 0.0416 e. The van der Waals surface area contributed by atoms with Gasteiger partial charge >= 0.3 is 0 Å². The van der Waals surface area contributed by atoms with Crippen molar-refractivity contribution in [1.82, 2.24) is 9.88 Å². The van der Waals surface area contributed by atoms with Gasteiger partial charge in [-0.1, -0.05) is 19.4 Å². The summed E-state index contributed by atoms with van der Waals surface area (Å²) in [5, 5.41) is 0. The molecule has 1 saturated heterocycles. The van der Waals surface area contributed by atoms with Crippen LogP contribution in [0.4, 0.5) is 0 Å². The summed E-state index contributed by atoms with van der Waals surface area (Å²) in [7, 11) is 0. The highest BCUT2D eigenvalue weighted by atomic mass is 15.2. The molecule has 1 fully saturated rings. The quantitative estimate of drug-likeness (QED) is 0.755. The number of hydrogen-bond donors (Lipinski definition) is 0. The van der Waals surface area contributed by atoms with Gasteiger partial charge in [-0.2, -0.15) is 0 Å². The highest BCUT2D eigenvalue weighted by Crippen LogP contribution is 2.21. The number of pyridine rings is 1. The van der Waals surface area contributed by atoms with Crippen LogP contribution in [0.2, 0.25) is 0 Å². The summed E-state index contributed by atoms with van der Waals surface area (Å²) in [6.45, 7) is 4.76. The van der Waals surface area contributed by atoms with Gasteiger partial charge < -0.3 is 4.90 Å². The molecule has 1 aliphatic heterocycles. The second-order valence-corrected chi connectivity index (χ2v) is 4.69. The minimum absolute atomic E-state index is 0.841. The molecule has 0 aromatic carbocycles. The van der Waals surface area contributed by atoms with Crippen LogP contribution in [-0.2, 0) is 6.42 Å². The molecular weight excluding hydrogens is 196 g/mol. The van der Waals surface area contributed by atoms with Crippen molar-refractivity contribution in [2.24, 2.45) is 0 Å². The van der Waals surface area contributed by atoms with Crippen molar-refractivity contribution in [3.05, 3.63) is 30.1 Å². The van der Waals surface area contributed by atoms with Crippen molar-refractivity contribution in [3.63, 3.8) is 0 Å². The molecule has 0 spiro atoms. The predicted octanol–water partition coefficient (Wildman–Crippen LogP) is 2.89. The Bertz CT molecular complexity index is 297. The molecule has 2 heteroatoms. The van der Waals surface area contributed by atoms with Crippen molar-refractivity contribution in [3.8, 4) is 0 Å². The monoisotopic (exact) mass is 218 g/mol. The second kappa shape index (κ2) is 6.00. The smallest absolute Gasteiger partial charge is 0.0416 e. The molecule has 1 unspecified atom stereocenters. The molecule has 1 aliphatic rings. The van der Waals surface area contributed by atoms with Crippen molar-refractivity contribution >= 4 is 0 Å². The van der Waals surface area contributed by atoms with E-state index in [1.807, 2.05) is 12.3 Å². The van der Waals surface area contributed by atoms with E-state index in [0.29, 0.717) is 0 Å². The Morgan fingerprint density at radius 2 is 2.38 bits per heavy atom. The zero-order valence-electron chi connectivity index (χ0n) is 10.2. The first-order valence-electron chi connectivity index (χ1n) is 6.54. The fourth-order valence-corrected chi connectivity index (χ4v) is 2.65. The van der Waals surface area contributed by atoms with Crippen molar-refractivity contribution in [1.29, 1.82) is 0 Å². The van der Waals surface area contributed by atoms with Gasteiger partial charge in [-0.25, -0.2) is 0 Å². The average molecular weight is 218 g/mol. The fraction of sp³-hybridized carbons (Fsp3) is 0.643. The fourth-order valence-electron chi connectivity index (χ4n) is 2.65. The molecule has 2 nitrogen and oxygen atoms in total. The molecule has 88 valence electrons. The predicted molar refractivity (Wildman–Crippen MR) is 67.4 cm³/mol. The van der Waals surface area contributed by atoms with Crippen molar-refractivity contribution < 1.29 is 0 Å². The molecular formula is C14H22N2. The molecule has 1 aromatic heterocycles. The topological polar surface area (TPSA) is 16.1 Å². The number of nitrogens with zero attached hydrogens (tertiary/aromatic N) is 2. The maximum atomic E-state index is 4.38. The number of aromatic nitrogens is 1. The first kappa shape index (κ1) is 11.6. The van der Waals surface area contributed by atoms with Crippen molar-refractivity contribution in [2.45, 2.75) is 45.1 Å². The van der Waals surface area contributed by atoms with E-state index in [4.69, 9.17) is 0 Å². The van der Waals surface area contributed by atoms with E-state index in [2.05, 4.69) is 28.9 Å². The van der Waals surface area contributed by atoms with Gasteiger partial charge in [-0.15, -0.1) is 0 Å². The van der Waals surface area contributed by atoms with Crippen LogP contribution in [-0.4, -0.2) is 29.0 Å². The van der Waals surface area contributed by atoms with E-state index >= 15 is 0 Å². The van der Waals surface area contributed by atoms with Gasteiger partial charge in [-0.3, -0.25) is 4.98 Å². The van der Waals surface area contributed by atoms with Gasteiger partial charge in [0.25, 0.3) is 0 Å². The Kier molecular flexibility index (Phi) is 4.34. The third-order valence-corrected chi connectivity index (χ3v) is 3.50. The third-order valence-electron chi connectivity index (χ3n) is 3.50. The first-order chi connectivity index (χ1) is 7.90. The van der Waals surface area contributed by atoms with Gasteiger partial charge in [0.1, 0.15) is 0 Å². The lowest BCUT2D eigenvalue weighted by Crippen LogP contribution is -2.31. The first-order valence-corrected chi connectivity index (χ1v) is 6.54.